The smallest absolute Gasteiger partial charge is 0.135 e. The van der Waals surface area contributed by atoms with Crippen molar-refractivity contribution in [3.8, 4) is 0 Å². The Bertz CT molecular complexity index is 397. The average molecular weight is 306 g/mol. The minimum Gasteiger partial charge on any atom is -0.300 e. The zero-order valence-corrected chi connectivity index (χ0v) is 15.0. The number of allylic oxidation sites excluding steroid dienone is 1. The van der Waals surface area contributed by atoms with Crippen LogP contribution in [0.2, 0.25) is 0 Å². The summed E-state index contributed by atoms with van der Waals surface area (Å²) in [7, 11) is 0. The molecule has 22 heavy (non-hydrogen) atoms. The zero-order valence-electron chi connectivity index (χ0n) is 15.0. The first-order valence-corrected chi connectivity index (χ1v) is 8.99. The van der Waals surface area contributed by atoms with Gasteiger partial charge in [0.25, 0.3) is 0 Å². The van der Waals surface area contributed by atoms with Gasteiger partial charge in [0, 0.05) is 25.2 Å². The van der Waals surface area contributed by atoms with Gasteiger partial charge in [0.1, 0.15) is 11.6 Å². The summed E-state index contributed by atoms with van der Waals surface area (Å²) >= 11 is 0. The molecule has 2 heteroatoms. The number of Topliss-reactive ketones (excluding diaryl/α,β-unsaturated/α-hetero) is 2. The lowest BCUT2D eigenvalue weighted by Crippen LogP contribution is -2.17. The third-order valence-corrected chi connectivity index (χ3v) is 5.24. The van der Waals surface area contributed by atoms with Gasteiger partial charge < -0.3 is 0 Å². The van der Waals surface area contributed by atoms with Crippen molar-refractivity contribution in [3.05, 3.63) is 12.2 Å². The molecule has 0 aliphatic heterocycles. The molecule has 0 radical (unpaired) electrons. The molecule has 0 N–H and O–H groups in total. The van der Waals surface area contributed by atoms with Gasteiger partial charge >= 0.3 is 0 Å². The first-order valence-electron chi connectivity index (χ1n) is 8.99. The summed E-state index contributed by atoms with van der Waals surface area (Å²) in [5.41, 5.74) is 1.22. The van der Waals surface area contributed by atoms with Crippen LogP contribution in [0.15, 0.2) is 12.2 Å². The van der Waals surface area contributed by atoms with Gasteiger partial charge in [-0.1, -0.05) is 32.9 Å². The van der Waals surface area contributed by atoms with Crippen molar-refractivity contribution in [2.75, 3.05) is 0 Å². The Kier molecular flexibility index (Phi) is 8.06. The maximum atomic E-state index is 12.2. The van der Waals surface area contributed by atoms with E-state index in [2.05, 4.69) is 34.3 Å². The molecule has 1 aliphatic carbocycles. The van der Waals surface area contributed by atoms with E-state index >= 15 is 0 Å². The number of hydrogen-bond acceptors (Lipinski definition) is 2. The number of carbonyl (C=O) groups excluding carboxylic acids is 2. The van der Waals surface area contributed by atoms with Crippen molar-refractivity contribution in [1.82, 2.24) is 0 Å². The van der Waals surface area contributed by atoms with Gasteiger partial charge in [-0.2, -0.15) is 0 Å². The van der Waals surface area contributed by atoms with E-state index in [1.54, 1.807) is 0 Å². The Morgan fingerprint density at radius 2 is 1.45 bits per heavy atom. The van der Waals surface area contributed by atoms with Gasteiger partial charge in [-0.15, -0.1) is 0 Å². The standard InChI is InChI=1S/C20H34O2/c1-14(2)18-9-6-15(3)12-19(21)13-16(4)7-11-20(22)17(5)8-10-18/h15-18H,1,6-13H2,2-5H3. The predicted octanol–water partition coefficient (Wildman–Crippen LogP) is 5.36. The first kappa shape index (κ1) is 19.1. The van der Waals surface area contributed by atoms with Crippen molar-refractivity contribution in [2.24, 2.45) is 23.7 Å². The fourth-order valence-corrected chi connectivity index (χ4v) is 3.43. The normalized spacial score (nSPS) is 33.3. The lowest BCUT2D eigenvalue weighted by atomic mass is 9.82. The van der Waals surface area contributed by atoms with Crippen molar-refractivity contribution < 1.29 is 9.59 Å². The summed E-state index contributed by atoms with van der Waals surface area (Å²) in [6.45, 7) is 12.6. The molecule has 1 fully saturated rings. The Hall–Kier alpha value is -0.920. The van der Waals surface area contributed by atoms with Gasteiger partial charge in [-0.25, -0.2) is 0 Å². The molecule has 1 saturated carbocycles. The lowest BCUT2D eigenvalue weighted by molar-refractivity contribution is -0.124. The van der Waals surface area contributed by atoms with E-state index in [1.807, 2.05) is 0 Å². The summed E-state index contributed by atoms with van der Waals surface area (Å²) in [6.07, 6.45) is 7.01. The molecule has 0 amide bonds. The molecule has 126 valence electrons. The summed E-state index contributed by atoms with van der Waals surface area (Å²) in [6, 6.07) is 0. The van der Waals surface area contributed by atoms with Crippen LogP contribution in [-0.4, -0.2) is 11.6 Å². The maximum absolute atomic E-state index is 12.2. The predicted molar refractivity (Wildman–Crippen MR) is 92.7 cm³/mol. The fraction of sp³-hybridized carbons (Fsp3) is 0.800. The van der Waals surface area contributed by atoms with E-state index in [-0.39, 0.29) is 5.92 Å². The summed E-state index contributed by atoms with van der Waals surface area (Å²) in [5, 5.41) is 0. The Labute approximate surface area is 136 Å². The third-order valence-electron chi connectivity index (χ3n) is 5.24. The van der Waals surface area contributed by atoms with E-state index in [4.69, 9.17) is 0 Å². The van der Waals surface area contributed by atoms with Gasteiger partial charge in [0.2, 0.25) is 0 Å². The van der Waals surface area contributed by atoms with E-state index in [1.165, 1.54) is 5.57 Å². The molecular weight excluding hydrogens is 272 g/mol. The van der Waals surface area contributed by atoms with Gasteiger partial charge in [-0.3, -0.25) is 9.59 Å². The van der Waals surface area contributed by atoms with Crippen molar-refractivity contribution in [2.45, 2.75) is 79.1 Å². The van der Waals surface area contributed by atoms with E-state index in [0.29, 0.717) is 48.6 Å². The van der Waals surface area contributed by atoms with Crippen molar-refractivity contribution >= 4 is 11.6 Å². The summed E-state index contributed by atoms with van der Waals surface area (Å²) in [5.74, 6) is 2.17. The lowest BCUT2D eigenvalue weighted by Gasteiger charge is -2.22. The van der Waals surface area contributed by atoms with E-state index in [0.717, 1.165) is 32.1 Å². The van der Waals surface area contributed by atoms with Crippen LogP contribution < -0.4 is 0 Å². The van der Waals surface area contributed by atoms with Crippen molar-refractivity contribution in [3.63, 3.8) is 0 Å². The van der Waals surface area contributed by atoms with Gasteiger partial charge in [0.05, 0.1) is 0 Å². The second-order valence-electron chi connectivity index (χ2n) is 7.76. The fourth-order valence-electron chi connectivity index (χ4n) is 3.43. The number of hydrogen-bond donors (Lipinski definition) is 0. The van der Waals surface area contributed by atoms with Gasteiger partial charge in [0.15, 0.2) is 0 Å². The number of carbonyl (C=O) groups is 2. The van der Waals surface area contributed by atoms with Crippen LogP contribution >= 0.6 is 0 Å². The van der Waals surface area contributed by atoms with Crippen LogP contribution in [-0.2, 0) is 9.59 Å². The largest absolute Gasteiger partial charge is 0.300 e. The minimum atomic E-state index is 0.144. The highest BCUT2D eigenvalue weighted by molar-refractivity contribution is 5.81. The average Bonchev–Trinajstić information content (AvgIpc) is 2.42. The monoisotopic (exact) mass is 306 g/mol. The molecule has 0 bridgehead atoms. The molecule has 1 aliphatic rings. The second kappa shape index (κ2) is 9.27. The van der Waals surface area contributed by atoms with Gasteiger partial charge in [-0.05, 0) is 56.8 Å². The minimum absolute atomic E-state index is 0.144. The molecule has 0 spiro atoms. The van der Waals surface area contributed by atoms with Crippen molar-refractivity contribution in [1.29, 1.82) is 0 Å². The number of rotatable bonds is 1. The molecule has 0 aromatic carbocycles. The Morgan fingerprint density at radius 1 is 0.909 bits per heavy atom. The van der Waals surface area contributed by atoms with Crippen LogP contribution in [0.5, 0.6) is 0 Å². The summed E-state index contributed by atoms with van der Waals surface area (Å²) < 4.78 is 0. The van der Waals surface area contributed by atoms with Crippen LogP contribution in [0.4, 0.5) is 0 Å². The van der Waals surface area contributed by atoms with Crippen LogP contribution in [0.1, 0.15) is 79.1 Å². The molecule has 1 rings (SSSR count). The third kappa shape index (κ3) is 6.89. The highest BCUT2D eigenvalue weighted by Gasteiger charge is 2.21. The zero-order chi connectivity index (χ0) is 16.7. The van der Waals surface area contributed by atoms with Crippen LogP contribution in [0.3, 0.4) is 0 Å². The Morgan fingerprint density at radius 3 is 2.05 bits per heavy atom. The number of ketones is 2. The molecule has 4 atom stereocenters. The molecule has 0 aromatic rings. The highest BCUT2D eigenvalue weighted by Crippen LogP contribution is 2.28. The quantitative estimate of drug-likeness (QED) is 0.611. The van der Waals surface area contributed by atoms with Crippen LogP contribution in [0, 0.1) is 23.7 Å². The molecular formula is C20H34O2. The molecule has 2 nitrogen and oxygen atoms in total. The second-order valence-corrected chi connectivity index (χ2v) is 7.76. The van der Waals surface area contributed by atoms with Crippen LogP contribution in [0.25, 0.3) is 0 Å². The van der Waals surface area contributed by atoms with E-state index < -0.39 is 0 Å². The molecule has 0 aromatic heterocycles. The Balaban J connectivity index is 2.73. The molecule has 4 unspecified atom stereocenters. The highest BCUT2D eigenvalue weighted by atomic mass is 16.1. The maximum Gasteiger partial charge on any atom is 0.135 e. The van der Waals surface area contributed by atoms with E-state index in [9.17, 15) is 9.59 Å². The molecule has 0 saturated heterocycles. The SMILES string of the molecule is C=C(C)C1CCC(C)CC(=O)CC(C)CCC(=O)C(C)CC1. The molecule has 0 heterocycles. The summed E-state index contributed by atoms with van der Waals surface area (Å²) in [4.78, 5) is 24.4. The first-order chi connectivity index (χ1) is 10.3. The topological polar surface area (TPSA) is 34.1 Å².